The topological polar surface area (TPSA) is 38.8 Å². The van der Waals surface area contributed by atoms with E-state index in [1.807, 2.05) is 24.3 Å². The van der Waals surface area contributed by atoms with E-state index in [1.54, 1.807) is 0 Å². The van der Waals surface area contributed by atoms with Gasteiger partial charge in [-0.2, -0.15) is 0 Å². The van der Waals surface area contributed by atoms with Crippen molar-refractivity contribution in [2.24, 2.45) is 0 Å². The average Bonchev–Trinajstić information content (AvgIpc) is 2.97. The molecule has 0 radical (unpaired) electrons. The van der Waals surface area contributed by atoms with Crippen molar-refractivity contribution >= 4 is 21.9 Å². The van der Waals surface area contributed by atoms with Gasteiger partial charge in [-0.15, -0.1) is 0 Å². The molecule has 74 valence electrons. The third-order valence-electron chi connectivity index (χ3n) is 2.14. The van der Waals surface area contributed by atoms with E-state index >= 15 is 0 Å². The fraction of sp³-hybridized carbons (Fsp3) is 0.300. The summed E-state index contributed by atoms with van der Waals surface area (Å²) in [5.74, 6) is -0.314. The van der Waals surface area contributed by atoms with Crippen LogP contribution in [0.2, 0.25) is 0 Å². The van der Waals surface area contributed by atoms with E-state index in [4.69, 9.17) is 4.74 Å². The van der Waals surface area contributed by atoms with Gasteiger partial charge in [-0.1, -0.05) is 34.1 Å². The monoisotopic (exact) mass is 256 g/mol. The number of rotatable bonds is 2. The molecule has 2 rings (SSSR count). The zero-order valence-corrected chi connectivity index (χ0v) is 9.15. The van der Waals surface area contributed by atoms with Gasteiger partial charge in [0.25, 0.3) is 0 Å². The third kappa shape index (κ3) is 1.67. The van der Waals surface area contributed by atoms with Crippen LogP contribution in [0, 0.1) is 0 Å². The van der Waals surface area contributed by atoms with E-state index in [0.29, 0.717) is 0 Å². The predicted octanol–water partition coefficient (Wildman–Crippen LogP) is 2.06. The minimum Gasteiger partial charge on any atom is -0.467 e. The van der Waals surface area contributed by atoms with E-state index in [9.17, 15) is 4.79 Å². The molecule has 4 heteroatoms. The Kier molecular flexibility index (Phi) is 2.56. The van der Waals surface area contributed by atoms with E-state index in [2.05, 4.69) is 20.7 Å². The van der Waals surface area contributed by atoms with Crippen LogP contribution in [0.1, 0.15) is 11.7 Å². The summed E-state index contributed by atoms with van der Waals surface area (Å²) in [6.07, 6.45) is -0.586. The minimum absolute atomic E-state index is 0.155. The molecule has 0 aromatic heterocycles. The maximum Gasteiger partial charge on any atom is 0.338 e. The van der Waals surface area contributed by atoms with Gasteiger partial charge in [0, 0.05) is 4.47 Å². The maximum atomic E-state index is 11.1. The van der Waals surface area contributed by atoms with Crippen molar-refractivity contribution in [3.05, 3.63) is 34.3 Å². The fourth-order valence-corrected chi connectivity index (χ4v) is 1.86. The maximum absolute atomic E-state index is 11.1. The SMILES string of the molecule is COC(=O)[C@H]1O[C@@H]1c1ccccc1Br. The van der Waals surface area contributed by atoms with Gasteiger partial charge in [0.15, 0.2) is 6.10 Å². The van der Waals surface area contributed by atoms with Gasteiger partial charge in [0.1, 0.15) is 6.10 Å². The molecule has 0 unspecified atom stereocenters. The number of epoxide rings is 1. The lowest BCUT2D eigenvalue weighted by molar-refractivity contribution is -0.142. The summed E-state index contributed by atoms with van der Waals surface area (Å²) in [5, 5.41) is 0. The first-order valence-corrected chi connectivity index (χ1v) is 5.01. The highest BCUT2D eigenvalue weighted by Gasteiger charge is 2.47. The first-order valence-electron chi connectivity index (χ1n) is 4.21. The Hall–Kier alpha value is -0.870. The fourth-order valence-electron chi connectivity index (χ4n) is 1.35. The van der Waals surface area contributed by atoms with Crippen LogP contribution in [-0.2, 0) is 14.3 Å². The number of esters is 1. The van der Waals surface area contributed by atoms with Gasteiger partial charge in [-0.3, -0.25) is 0 Å². The Morgan fingerprint density at radius 2 is 2.21 bits per heavy atom. The van der Waals surface area contributed by atoms with Gasteiger partial charge in [-0.25, -0.2) is 4.79 Å². The molecule has 14 heavy (non-hydrogen) atoms. The molecule has 0 aliphatic carbocycles. The van der Waals surface area contributed by atoms with Gasteiger partial charge < -0.3 is 9.47 Å². The van der Waals surface area contributed by atoms with Crippen LogP contribution in [0.25, 0.3) is 0 Å². The molecule has 0 N–H and O–H groups in total. The molecule has 2 atom stereocenters. The second kappa shape index (κ2) is 3.71. The number of benzene rings is 1. The van der Waals surface area contributed by atoms with Crippen molar-refractivity contribution in [1.29, 1.82) is 0 Å². The largest absolute Gasteiger partial charge is 0.467 e. The van der Waals surface area contributed by atoms with Crippen LogP contribution >= 0.6 is 15.9 Å². The molecule has 1 aliphatic rings. The molecule has 1 aromatic carbocycles. The highest BCUT2D eigenvalue weighted by molar-refractivity contribution is 9.10. The number of halogens is 1. The molecule has 1 aliphatic heterocycles. The summed E-state index contributed by atoms with van der Waals surface area (Å²) in [7, 11) is 1.36. The second-order valence-electron chi connectivity index (χ2n) is 3.02. The van der Waals surface area contributed by atoms with Crippen molar-refractivity contribution in [1.82, 2.24) is 0 Å². The summed E-state index contributed by atoms with van der Waals surface area (Å²) in [4.78, 5) is 11.1. The molecule has 0 spiro atoms. The van der Waals surface area contributed by atoms with Crippen LogP contribution in [0.15, 0.2) is 28.7 Å². The molecule has 0 bridgehead atoms. The summed E-state index contributed by atoms with van der Waals surface area (Å²) >= 11 is 3.40. The molecule has 1 heterocycles. The van der Waals surface area contributed by atoms with Crippen LogP contribution in [-0.4, -0.2) is 19.2 Å². The number of carbonyl (C=O) groups excluding carboxylic acids is 1. The lowest BCUT2D eigenvalue weighted by Gasteiger charge is -1.98. The minimum atomic E-state index is -0.432. The summed E-state index contributed by atoms with van der Waals surface area (Å²) in [6.45, 7) is 0. The Balaban J connectivity index is 2.13. The van der Waals surface area contributed by atoms with E-state index < -0.39 is 6.10 Å². The van der Waals surface area contributed by atoms with E-state index in [-0.39, 0.29) is 12.1 Å². The molecule has 0 saturated carbocycles. The normalized spacial score (nSPS) is 24.4. The first kappa shape index (κ1) is 9.68. The molecule has 0 amide bonds. The molecule has 1 aromatic rings. The van der Waals surface area contributed by atoms with Crippen molar-refractivity contribution in [2.75, 3.05) is 7.11 Å². The standard InChI is InChI=1S/C10H9BrO3/c1-13-10(12)9-8(14-9)6-4-2-3-5-7(6)11/h2-5,8-9H,1H3/t8-,9+/m1/s1. The Morgan fingerprint density at radius 1 is 1.50 bits per heavy atom. The average molecular weight is 257 g/mol. The quantitative estimate of drug-likeness (QED) is 0.601. The molecule has 3 nitrogen and oxygen atoms in total. The lowest BCUT2D eigenvalue weighted by atomic mass is 10.1. The Labute approximate surface area is 90.1 Å². The van der Waals surface area contributed by atoms with Crippen LogP contribution in [0.5, 0.6) is 0 Å². The van der Waals surface area contributed by atoms with Crippen molar-refractivity contribution in [3.8, 4) is 0 Å². The zero-order chi connectivity index (χ0) is 10.1. The van der Waals surface area contributed by atoms with Crippen LogP contribution in [0.3, 0.4) is 0 Å². The Morgan fingerprint density at radius 3 is 2.86 bits per heavy atom. The third-order valence-corrected chi connectivity index (χ3v) is 2.86. The predicted molar refractivity (Wildman–Crippen MR) is 53.8 cm³/mol. The highest BCUT2D eigenvalue weighted by Crippen LogP contribution is 2.42. The van der Waals surface area contributed by atoms with Crippen molar-refractivity contribution in [3.63, 3.8) is 0 Å². The van der Waals surface area contributed by atoms with Gasteiger partial charge in [-0.05, 0) is 11.6 Å². The number of methoxy groups -OCH3 is 1. The number of hydrogen-bond donors (Lipinski definition) is 0. The molecule has 1 saturated heterocycles. The summed E-state index contributed by atoms with van der Waals surface area (Å²) in [5.41, 5.74) is 0.989. The first-order chi connectivity index (χ1) is 6.74. The smallest absolute Gasteiger partial charge is 0.338 e. The van der Waals surface area contributed by atoms with Gasteiger partial charge in [0.2, 0.25) is 0 Å². The zero-order valence-electron chi connectivity index (χ0n) is 7.57. The summed E-state index contributed by atoms with van der Waals surface area (Å²) < 4.78 is 10.8. The number of ether oxygens (including phenoxy) is 2. The van der Waals surface area contributed by atoms with Crippen molar-refractivity contribution in [2.45, 2.75) is 12.2 Å². The number of hydrogen-bond acceptors (Lipinski definition) is 3. The molecule has 1 fully saturated rings. The highest BCUT2D eigenvalue weighted by atomic mass is 79.9. The number of carbonyl (C=O) groups is 1. The Bertz CT molecular complexity index is 364. The molecular formula is C10H9BrO3. The van der Waals surface area contributed by atoms with Gasteiger partial charge >= 0.3 is 5.97 Å². The van der Waals surface area contributed by atoms with Crippen LogP contribution in [0.4, 0.5) is 0 Å². The second-order valence-corrected chi connectivity index (χ2v) is 3.88. The van der Waals surface area contributed by atoms with E-state index in [1.165, 1.54) is 7.11 Å². The van der Waals surface area contributed by atoms with Gasteiger partial charge in [0.05, 0.1) is 7.11 Å². The van der Waals surface area contributed by atoms with Crippen molar-refractivity contribution < 1.29 is 14.3 Å². The van der Waals surface area contributed by atoms with Crippen LogP contribution < -0.4 is 0 Å². The van der Waals surface area contributed by atoms with E-state index in [0.717, 1.165) is 10.0 Å². The lowest BCUT2D eigenvalue weighted by Crippen LogP contribution is -2.09. The summed E-state index contributed by atoms with van der Waals surface area (Å²) in [6, 6.07) is 7.68. The molecular weight excluding hydrogens is 248 g/mol.